The molecule has 0 aliphatic carbocycles. The summed E-state index contributed by atoms with van der Waals surface area (Å²) >= 11 is 0. The zero-order valence-electron chi connectivity index (χ0n) is 13.4. The number of benzene rings is 2. The van der Waals surface area contributed by atoms with Crippen molar-refractivity contribution in [3.63, 3.8) is 0 Å². The molecule has 0 unspecified atom stereocenters. The Morgan fingerprint density at radius 2 is 1.96 bits per heavy atom. The third kappa shape index (κ3) is 4.78. The highest BCUT2D eigenvalue weighted by Gasteiger charge is 2.11. The Kier molecular flexibility index (Phi) is 5.84. The number of aryl methyl sites for hydroxylation is 1. The van der Waals surface area contributed by atoms with E-state index in [0.29, 0.717) is 0 Å². The van der Waals surface area contributed by atoms with Gasteiger partial charge in [-0.05, 0) is 36.8 Å². The van der Waals surface area contributed by atoms with Crippen molar-refractivity contribution < 1.29 is 23.5 Å². The summed E-state index contributed by atoms with van der Waals surface area (Å²) in [4.78, 5) is 23.6. The minimum atomic E-state index is -0.644. The van der Waals surface area contributed by atoms with Crippen molar-refractivity contribution in [2.75, 3.05) is 13.7 Å². The largest absolute Gasteiger partial charge is 0.494 e. The smallest absolute Gasteiger partial charge is 0.331 e. The molecule has 24 heavy (non-hydrogen) atoms. The summed E-state index contributed by atoms with van der Waals surface area (Å²) in [5.74, 6) is -1.73. The number of hydrogen-bond donors (Lipinski definition) is 0. The van der Waals surface area contributed by atoms with Crippen molar-refractivity contribution in [2.45, 2.75) is 6.92 Å². The molecule has 5 heteroatoms. The first kappa shape index (κ1) is 17.4. The lowest BCUT2D eigenvalue weighted by Crippen LogP contribution is -2.12. The number of rotatable bonds is 6. The van der Waals surface area contributed by atoms with Crippen molar-refractivity contribution in [3.8, 4) is 5.75 Å². The lowest BCUT2D eigenvalue weighted by atomic mass is 10.1. The van der Waals surface area contributed by atoms with Crippen LogP contribution in [0.1, 0.15) is 21.5 Å². The zero-order chi connectivity index (χ0) is 17.5. The number of carbonyl (C=O) groups is 2. The fourth-order valence-corrected chi connectivity index (χ4v) is 2.05. The molecule has 0 aliphatic heterocycles. The van der Waals surface area contributed by atoms with Crippen molar-refractivity contribution in [3.05, 3.63) is 71.0 Å². The van der Waals surface area contributed by atoms with Gasteiger partial charge in [0.15, 0.2) is 24.0 Å². The number of Topliss-reactive ketones (excluding diaryl/α,β-unsaturated/α-hetero) is 1. The van der Waals surface area contributed by atoms with Gasteiger partial charge in [0.1, 0.15) is 0 Å². The van der Waals surface area contributed by atoms with Crippen LogP contribution < -0.4 is 4.74 Å². The molecule has 0 spiro atoms. The molecule has 0 bridgehead atoms. The van der Waals surface area contributed by atoms with E-state index in [1.807, 2.05) is 31.2 Å². The van der Waals surface area contributed by atoms with Gasteiger partial charge in [0.25, 0.3) is 0 Å². The molecule has 0 fully saturated rings. The number of hydrogen-bond acceptors (Lipinski definition) is 4. The van der Waals surface area contributed by atoms with Crippen molar-refractivity contribution >= 4 is 17.8 Å². The van der Waals surface area contributed by atoms with Gasteiger partial charge < -0.3 is 9.47 Å². The molecule has 0 amide bonds. The summed E-state index contributed by atoms with van der Waals surface area (Å²) in [5.41, 5.74) is 2.04. The summed E-state index contributed by atoms with van der Waals surface area (Å²) in [6, 6.07) is 11.4. The van der Waals surface area contributed by atoms with Crippen LogP contribution in [0.4, 0.5) is 4.39 Å². The van der Waals surface area contributed by atoms with E-state index in [9.17, 15) is 14.0 Å². The first-order valence-electron chi connectivity index (χ1n) is 7.28. The van der Waals surface area contributed by atoms with Gasteiger partial charge in [-0.15, -0.1) is 0 Å². The van der Waals surface area contributed by atoms with E-state index >= 15 is 0 Å². The van der Waals surface area contributed by atoms with Gasteiger partial charge in [-0.1, -0.05) is 29.8 Å². The van der Waals surface area contributed by atoms with Crippen molar-refractivity contribution in [1.82, 2.24) is 0 Å². The van der Waals surface area contributed by atoms with Crippen LogP contribution in [-0.4, -0.2) is 25.5 Å². The molecule has 4 nitrogen and oxygen atoms in total. The summed E-state index contributed by atoms with van der Waals surface area (Å²) in [6.45, 7) is 1.49. The molecule has 2 aromatic rings. The predicted molar refractivity (Wildman–Crippen MR) is 88.5 cm³/mol. The van der Waals surface area contributed by atoms with Crippen LogP contribution in [0, 0.1) is 12.7 Å². The average molecular weight is 328 g/mol. The Labute approximate surface area is 139 Å². The molecule has 0 aromatic heterocycles. The summed E-state index contributed by atoms with van der Waals surface area (Å²) < 4.78 is 23.2. The number of ether oxygens (including phenoxy) is 2. The highest BCUT2D eigenvalue weighted by Crippen LogP contribution is 2.18. The lowest BCUT2D eigenvalue weighted by Gasteiger charge is -2.05. The highest BCUT2D eigenvalue weighted by atomic mass is 19.1. The standard InChI is InChI=1S/C19H17FO4/c1-13-4-3-5-14(10-13)6-9-19(22)24-12-17(21)15-7-8-18(23-2)16(20)11-15/h3-11H,12H2,1-2H3/b9-6+. The molecule has 0 N–H and O–H groups in total. The Morgan fingerprint density at radius 1 is 1.17 bits per heavy atom. The van der Waals surface area contributed by atoms with Crippen molar-refractivity contribution in [2.24, 2.45) is 0 Å². The fourth-order valence-electron chi connectivity index (χ4n) is 2.05. The molecule has 0 heterocycles. The first-order valence-corrected chi connectivity index (χ1v) is 7.28. The fraction of sp³-hybridized carbons (Fsp3) is 0.158. The minimum absolute atomic E-state index is 0.0460. The topological polar surface area (TPSA) is 52.6 Å². The van der Waals surface area contributed by atoms with E-state index in [-0.39, 0.29) is 11.3 Å². The second-order valence-electron chi connectivity index (χ2n) is 5.13. The number of methoxy groups -OCH3 is 1. The van der Waals surface area contributed by atoms with Crippen LogP contribution in [-0.2, 0) is 9.53 Å². The van der Waals surface area contributed by atoms with Crippen LogP contribution in [0.25, 0.3) is 6.08 Å². The number of carbonyl (C=O) groups excluding carboxylic acids is 2. The van der Waals surface area contributed by atoms with Crippen LogP contribution in [0.3, 0.4) is 0 Å². The number of ketones is 1. The van der Waals surface area contributed by atoms with Gasteiger partial charge in [0.05, 0.1) is 7.11 Å². The summed E-state index contributed by atoms with van der Waals surface area (Å²) in [6.07, 6.45) is 2.85. The second kappa shape index (κ2) is 8.06. The molecular formula is C19H17FO4. The third-order valence-corrected chi connectivity index (χ3v) is 3.27. The summed E-state index contributed by atoms with van der Waals surface area (Å²) in [7, 11) is 1.34. The Morgan fingerprint density at radius 3 is 2.62 bits per heavy atom. The Hall–Kier alpha value is -2.95. The molecule has 0 saturated carbocycles. The molecule has 0 saturated heterocycles. The van der Waals surface area contributed by atoms with E-state index in [1.165, 1.54) is 25.3 Å². The maximum Gasteiger partial charge on any atom is 0.331 e. The van der Waals surface area contributed by atoms with E-state index in [0.717, 1.165) is 17.2 Å². The van der Waals surface area contributed by atoms with Gasteiger partial charge in [-0.2, -0.15) is 0 Å². The number of halogens is 1. The quantitative estimate of drug-likeness (QED) is 0.462. The monoisotopic (exact) mass is 328 g/mol. The maximum absolute atomic E-state index is 13.6. The van der Waals surface area contributed by atoms with Crippen LogP contribution in [0.2, 0.25) is 0 Å². The van der Waals surface area contributed by atoms with Gasteiger partial charge in [0, 0.05) is 11.6 Å². The van der Waals surface area contributed by atoms with Gasteiger partial charge in [-0.3, -0.25) is 4.79 Å². The van der Waals surface area contributed by atoms with Crippen LogP contribution >= 0.6 is 0 Å². The molecule has 0 aliphatic rings. The average Bonchev–Trinajstić information content (AvgIpc) is 2.57. The van der Waals surface area contributed by atoms with E-state index in [1.54, 1.807) is 6.08 Å². The molecule has 124 valence electrons. The Balaban J connectivity index is 1.91. The maximum atomic E-state index is 13.6. The molecule has 0 radical (unpaired) electrons. The van der Waals surface area contributed by atoms with Gasteiger partial charge in [0.2, 0.25) is 0 Å². The number of esters is 1. The van der Waals surface area contributed by atoms with Gasteiger partial charge in [-0.25, -0.2) is 9.18 Å². The van der Waals surface area contributed by atoms with E-state index in [4.69, 9.17) is 9.47 Å². The molecular weight excluding hydrogens is 311 g/mol. The molecule has 2 aromatic carbocycles. The first-order chi connectivity index (χ1) is 11.5. The van der Waals surface area contributed by atoms with E-state index in [2.05, 4.69) is 0 Å². The van der Waals surface area contributed by atoms with Crippen LogP contribution in [0.15, 0.2) is 48.5 Å². The van der Waals surface area contributed by atoms with Crippen LogP contribution in [0.5, 0.6) is 5.75 Å². The predicted octanol–water partition coefficient (Wildman–Crippen LogP) is 3.58. The van der Waals surface area contributed by atoms with Crippen molar-refractivity contribution in [1.29, 1.82) is 0 Å². The summed E-state index contributed by atoms with van der Waals surface area (Å²) in [5, 5.41) is 0. The normalized spacial score (nSPS) is 10.6. The Bertz CT molecular complexity index is 781. The highest BCUT2D eigenvalue weighted by molar-refractivity contribution is 5.99. The van der Waals surface area contributed by atoms with E-state index < -0.39 is 24.2 Å². The second-order valence-corrected chi connectivity index (χ2v) is 5.13. The minimum Gasteiger partial charge on any atom is -0.494 e. The third-order valence-electron chi connectivity index (χ3n) is 3.27. The van der Waals surface area contributed by atoms with Gasteiger partial charge >= 0.3 is 5.97 Å². The zero-order valence-corrected chi connectivity index (χ0v) is 13.4. The lowest BCUT2D eigenvalue weighted by molar-refractivity contribution is -0.136. The molecule has 0 atom stereocenters. The molecule has 2 rings (SSSR count). The SMILES string of the molecule is COc1ccc(C(=O)COC(=O)/C=C/c2cccc(C)c2)cc1F.